The Balaban J connectivity index is 0.00000261. The Morgan fingerprint density at radius 1 is 1.15 bits per heavy atom. The van der Waals surface area contributed by atoms with Crippen LogP contribution in [0.5, 0.6) is 0 Å². The number of fused-ring (bicyclic) bond motifs is 1. The van der Waals surface area contributed by atoms with E-state index in [0.717, 1.165) is 6.20 Å². The van der Waals surface area contributed by atoms with Crippen molar-refractivity contribution < 1.29 is 18.0 Å². The molecule has 0 spiro atoms. The molecule has 3 nitrogen and oxygen atoms in total. The van der Waals surface area contributed by atoms with Crippen molar-refractivity contribution in [3.8, 4) is 0 Å². The van der Waals surface area contributed by atoms with Gasteiger partial charge in [-0.05, 0) is 35.4 Å². The van der Waals surface area contributed by atoms with Gasteiger partial charge in [0.25, 0.3) is 5.24 Å². The summed E-state index contributed by atoms with van der Waals surface area (Å²) < 4.78 is 40.5. The van der Waals surface area contributed by atoms with E-state index in [2.05, 4.69) is 10.3 Å². The quantitative estimate of drug-likeness (QED) is 0.374. The zero-order chi connectivity index (χ0) is 18.9. The van der Waals surface area contributed by atoms with Crippen molar-refractivity contribution in [1.29, 1.82) is 0 Å². The fourth-order valence-corrected chi connectivity index (χ4v) is 2.91. The van der Waals surface area contributed by atoms with Gasteiger partial charge in [0, 0.05) is 17.5 Å². The maximum atomic E-state index is 13.5. The minimum absolute atomic E-state index is 0. The van der Waals surface area contributed by atoms with Crippen LogP contribution in [0, 0.1) is 0 Å². The first-order valence-corrected chi connectivity index (χ1v) is 8.33. The first kappa shape index (κ1) is 21.3. The number of pyridine rings is 1. The van der Waals surface area contributed by atoms with E-state index in [0.29, 0.717) is 11.1 Å². The molecular formula is C18H12Cl3F3N2O. The van der Waals surface area contributed by atoms with Crippen LogP contribution in [0.2, 0.25) is 0 Å². The molecule has 1 heterocycles. The van der Waals surface area contributed by atoms with Gasteiger partial charge in [0.2, 0.25) is 0 Å². The predicted octanol–water partition coefficient (Wildman–Crippen LogP) is 6.54. The summed E-state index contributed by atoms with van der Waals surface area (Å²) in [6, 6.07) is 10.9. The molecule has 1 aromatic heterocycles. The van der Waals surface area contributed by atoms with Gasteiger partial charge in [-0.2, -0.15) is 13.2 Å². The maximum Gasteiger partial charge on any atom is 0.419 e. The average Bonchev–Trinajstić information content (AvgIpc) is 2.60. The number of hydrogen-bond acceptors (Lipinski definition) is 3. The molecule has 9 heteroatoms. The molecule has 0 aliphatic heterocycles. The molecule has 0 saturated heterocycles. The summed E-state index contributed by atoms with van der Waals surface area (Å²) in [6.07, 6.45) is -3.87. The number of nitrogens with one attached hydrogen (secondary N) is 1. The van der Waals surface area contributed by atoms with Crippen molar-refractivity contribution in [2.45, 2.75) is 12.1 Å². The number of hydrogen-bond donors (Lipinski definition) is 1. The third kappa shape index (κ3) is 4.46. The first-order chi connectivity index (χ1) is 12.3. The van der Waals surface area contributed by atoms with Gasteiger partial charge < -0.3 is 5.32 Å². The van der Waals surface area contributed by atoms with Crippen LogP contribution in [0.15, 0.2) is 48.7 Å². The van der Waals surface area contributed by atoms with Gasteiger partial charge in [-0.25, -0.2) is 0 Å². The highest BCUT2D eigenvalue weighted by atomic mass is 35.5. The molecule has 0 aliphatic carbocycles. The summed E-state index contributed by atoms with van der Waals surface area (Å²) in [5.74, 6) is 0.134. The summed E-state index contributed by atoms with van der Waals surface area (Å²) in [4.78, 5) is 15.5. The second kappa shape index (κ2) is 8.33. The van der Waals surface area contributed by atoms with E-state index in [1.807, 2.05) is 0 Å². The Labute approximate surface area is 168 Å². The van der Waals surface area contributed by atoms with Crippen LogP contribution in [0.1, 0.15) is 21.5 Å². The van der Waals surface area contributed by atoms with Gasteiger partial charge in [0.05, 0.1) is 28.0 Å². The molecule has 0 bridgehead atoms. The van der Waals surface area contributed by atoms with Crippen LogP contribution in [0.25, 0.3) is 10.9 Å². The standard InChI is InChI=1S/C18H11Cl2F3N2O.ClH/c19-8-10-5-6-12(17(20)26)15(7-10)25-16-11-3-1-2-4-14(11)24-9-13(16)18(21,22)23;/h1-7,9H,8H2,(H,24,25);1H. The van der Waals surface area contributed by atoms with E-state index in [4.69, 9.17) is 23.2 Å². The van der Waals surface area contributed by atoms with Crippen molar-refractivity contribution in [2.24, 2.45) is 0 Å². The topological polar surface area (TPSA) is 42.0 Å². The van der Waals surface area contributed by atoms with Gasteiger partial charge in [0.1, 0.15) is 0 Å². The number of para-hydroxylation sites is 1. The third-order valence-corrected chi connectivity index (χ3v) is 4.30. The van der Waals surface area contributed by atoms with Crippen LogP contribution >= 0.6 is 35.6 Å². The Kier molecular flexibility index (Phi) is 6.57. The Morgan fingerprint density at radius 3 is 2.48 bits per heavy atom. The van der Waals surface area contributed by atoms with E-state index in [1.165, 1.54) is 18.2 Å². The molecule has 0 fully saturated rings. The fraction of sp³-hybridized carbons (Fsp3) is 0.111. The normalized spacial score (nSPS) is 11.1. The average molecular weight is 436 g/mol. The molecule has 2 aromatic carbocycles. The minimum atomic E-state index is -4.63. The zero-order valence-electron chi connectivity index (χ0n) is 13.5. The summed E-state index contributed by atoms with van der Waals surface area (Å²) in [7, 11) is 0. The Morgan fingerprint density at radius 2 is 1.85 bits per heavy atom. The number of benzene rings is 2. The lowest BCUT2D eigenvalue weighted by Crippen LogP contribution is -2.11. The van der Waals surface area contributed by atoms with E-state index in [9.17, 15) is 18.0 Å². The summed E-state index contributed by atoms with van der Waals surface area (Å²) in [5, 5.41) is 2.20. The first-order valence-electron chi connectivity index (χ1n) is 7.42. The lowest BCUT2D eigenvalue weighted by molar-refractivity contribution is -0.137. The van der Waals surface area contributed by atoms with Gasteiger partial charge in [-0.15, -0.1) is 24.0 Å². The molecule has 3 aromatic rings. The maximum absolute atomic E-state index is 13.5. The van der Waals surface area contributed by atoms with Crippen molar-refractivity contribution in [3.63, 3.8) is 0 Å². The van der Waals surface area contributed by atoms with Gasteiger partial charge in [0.15, 0.2) is 0 Å². The molecule has 0 aliphatic rings. The van der Waals surface area contributed by atoms with Crippen LogP contribution in [-0.4, -0.2) is 10.2 Å². The zero-order valence-corrected chi connectivity index (χ0v) is 15.8. The van der Waals surface area contributed by atoms with E-state index in [-0.39, 0.29) is 40.6 Å². The fourth-order valence-electron chi connectivity index (χ4n) is 2.57. The van der Waals surface area contributed by atoms with Gasteiger partial charge in [-0.1, -0.05) is 24.3 Å². The highest BCUT2D eigenvalue weighted by Crippen LogP contribution is 2.40. The molecule has 3 rings (SSSR count). The highest BCUT2D eigenvalue weighted by molar-refractivity contribution is 6.68. The smallest absolute Gasteiger partial charge is 0.354 e. The number of alkyl halides is 4. The highest BCUT2D eigenvalue weighted by Gasteiger charge is 2.35. The van der Waals surface area contributed by atoms with Gasteiger partial charge in [-0.3, -0.25) is 9.78 Å². The van der Waals surface area contributed by atoms with Crippen molar-refractivity contribution >= 4 is 63.1 Å². The number of aromatic nitrogens is 1. The molecule has 142 valence electrons. The molecule has 1 N–H and O–H groups in total. The SMILES string of the molecule is Cl.O=C(Cl)c1ccc(CCl)cc1Nc1c(C(F)(F)F)cnc2ccccc12. The van der Waals surface area contributed by atoms with Crippen LogP contribution in [-0.2, 0) is 12.1 Å². The summed E-state index contributed by atoms with van der Waals surface area (Å²) in [6.45, 7) is 0. The lowest BCUT2D eigenvalue weighted by atomic mass is 10.1. The number of carbonyl (C=O) groups excluding carboxylic acids is 1. The molecule has 0 radical (unpaired) electrons. The van der Waals surface area contributed by atoms with Crippen molar-refractivity contribution in [3.05, 3.63) is 65.4 Å². The number of carbonyl (C=O) groups is 1. The molecule has 0 unspecified atom stereocenters. The summed E-state index contributed by atoms with van der Waals surface area (Å²) >= 11 is 11.4. The Bertz CT molecular complexity index is 993. The van der Waals surface area contributed by atoms with Crippen LogP contribution in [0.4, 0.5) is 24.5 Å². The molecule has 27 heavy (non-hydrogen) atoms. The number of anilines is 2. The van der Waals surface area contributed by atoms with E-state index in [1.54, 1.807) is 24.3 Å². The van der Waals surface area contributed by atoms with E-state index < -0.39 is 17.0 Å². The molecular weight excluding hydrogens is 424 g/mol. The largest absolute Gasteiger partial charge is 0.419 e. The van der Waals surface area contributed by atoms with Crippen molar-refractivity contribution in [2.75, 3.05) is 5.32 Å². The van der Waals surface area contributed by atoms with Crippen molar-refractivity contribution in [1.82, 2.24) is 4.98 Å². The van der Waals surface area contributed by atoms with Gasteiger partial charge >= 0.3 is 6.18 Å². The second-order valence-corrected chi connectivity index (χ2v) is 6.08. The van der Waals surface area contributed by atoms with Crippen LogP contribution in [0.3, 0.4) is 0 Å². The minimum Gasteiger partial charge on any atom is -0.354 e. The summed E-state index contributed by atoms with van der Waals surface area (Å²) in [5.41, 5.74) is 0.0620. The molecule has 0 saturated carbocycles. The number of rotatable bonds is 4. The van der Waals surface area contributed by atoms with E-state index >= 15 is 0 Å². The third-order valence-electron chi connectivity index (χ3n) is 3.79. The molecule has 0 amide bonds. The molecule has 0 atom stereocenters. The Hall–Kier alpha value is -2.02. The second-order valence-electron chi connectivity index (χ2n) is 5.47. The lowest BCUT2D eigenvalue weighted by Gasteiger charge is -2.18. The monoisotopic (exact) mass is 434 g/mol. The van der Waals surface area contributed by atoms with Crippen LogP contribution < -0.4 is 5.32 Å². The number of nitrogens with zero attached hydrogens (tertiary/aromatic N) is 1. The predicted molar refractivity (Wildman–Crippen MR) is 103 cm³/mol. The number of halogens is 6.